The van der Waals surface area contributed by atoms with Gasteiger partial charge in [0.05, 0.1) is 25.9 Å². The molecule has 0 spiro atoms. The summed E-state index contributed by atoms with van der Waals surface area (Å²) in [5.74, 6) is 0.245. The molecule has 0 radical (unpaired) electrons. The van der Waals surface area contributed by atoms with Crippen LogP contribution in [0.2, 0.25) is 0 Å². The van der Waals surface area contributed by atoms with Crippen LogP contribution in [0.3, 0.4) is 0 Å². The van der Waals surface area contributed by atoms with Crippen molar-refractivity contribution in [2.24, 2.45) is 0 Å². The zero-order valence-corrected chi connectivity index (χ0v) is 22.5. The maximum Gasteiger partial charge on any atom is 0.325 e. The van der Waals surface area contributed by atoms with Gasteiger partial charge in [0.25, 0.3) is 0 Å². The van der Waals surface area contributed by atoms with E-state index in [1.54, 1.807) is 0 Å². The van der Waals surface area contributed by atoms with E-state index >= 15 is 0 Å². The van der Waals surface area contributed by atoms with E-state index < -0.39 is 69.0 Å². The summed E-state index contributed by atoms with van der Waals surface area (Å²) in [5.41, 5.74) is 12.7. The first kappa shape index (κ1) is 28.1. The molecule has 0 amide bonds. The van der Waals surface area contributed by atoms with Crippen molar-refractivity contribution in [1.29, 1.82) is 0 Å². The maximum absolute atomic E-state index is 11.0. The lowest BCUT2D eigenvalue weighted by Gasteiger charge is -2.26. The number of anilines is 2. The minimum absolute atomic E-state index is 0.120. The second-order valence-electron chi connectivity index (χ2n) is 9.28. The summed E-state index contributed by atoms with van der Waals surface area (Å²) < 4.78 is 25.3. The Bertz CT molecular complexity index is 1620. The van der Waals surface area contributed by atoms with Gasteiger partial charge in [0.1, 0.15) is 60.3 Å². The first-order chi connectivity index (χ1) is 19.6. The number of ether oxygens (including phenoxy) is 2. The molecule has 2 aliphatic heterocycles. The first-order valence-corrected chi connectivity index (χ1v) is 14.7. The molecular weight excluding hydrogens is 587 g/mol. The van der Waals surface area contributed by atoms with E-state index in [4.69, 9.17) is 41.8 Å². The summed E-state index contributed by atoms with van der Waals surface area (Å²) in [6.45, 7) is -5.22. The predicted octanol–water partition coefficient (Wildman–Crippen LogP) is -2.68. The van der Waals surface area contributed by atoms with Gasteiger partial charge in [-0.05, 0) is 11.8 Å². The number of hydrogen-bond donors (Lipinski definition) is 7. The third kappa shape index (κ3) is 4.91. The maximum atomic E-state index is 11.0. The normalized spacial score (nSPS) is 31.7. The number of imidazole rings is 2. The second-order valence-corrected chi connectivity index (χ2v) is 12.1. The molecule has 21 heteroatoms. The third-order valence-corrected chi connectivity index (χ3v) is 8.37. The molecule has 2 saturated heterocycles. The van der Waals surface area contributed by atoms with Crippen LogP contribution in [-0.2, 0) is 30.3 Å². The summed E-state index contributed by atoms with van der Waals surface area (Å²) in [5, 5.41) is 42.1. The van der Waals surface area contributed by atoms with E-state index in [2.05, 4.69) is 29.9 Å². The van der Waals surface area contributed by atoms with Crippen LogP contribution in [0.15, 0.2) is 25.3 Å². The van der Waals surface area contributed by atoms with E-state index in [-0.39, 0.29) is 34.0 Å². The van der Waals surface area contributed by atoms with Crippen molar-refractivity contribution >= 4 is 52.5 Å². The molecule has 9 atom stereocenters. The van der Waals surface area contributed by atoms with Gasteiger partial charge in [-0.2, -0.15) is 0 Å². The SMILES string of the molecule is Nc1ncnc2c1ncn2[C@@H]1O[C@H](COP(O)(=S)OC2C(O)[C@H](n3cnc4c(N)ncnc43)O[C@@H]2CO)C(O)C1O. The standard InChI is InChI=1S/C20H25N10O9PS/c21-15-9-17(25-3-23-15)29(5-27-9)19-12(33)11(32)8(38-19)2-36-40(35,41)39-14-7(1-31)37-20(13(14)34)30-6-28-10-16(22)24-4-26-18(10)30/h3-8,11-14,19-20,31-34H,1-2H2,(H,35,41)(H2,21,23,25)(H2,22,24,26)/t7-,8-,11?,12?,13?,14?,19-,20-,40?/m1/s1. The van der Waals surface area contributed by atoms with Gasteiger partial charge in [-0.3, -0.25) is 13.7 Å². The fourth-order valence-corrected chi connectivity index (χ4v) is 6.23. The van der Waals surface area contributed by atoms with E-state index in [0.717, 1.165) is 0 Å². The highest BCUT2D eigenvalue weighted by molar-refractivity contribution is 8.07. The molecular formula is C20H25N10O9PS. The van der Waals surface area contributed by atoms with Crippen molar-refractivity contribution < 1.29 is 43.8 Å². The van der Waals surface area contributed by atoms with Crippen LogP contribution in [0.4, 0.5) is 11.6 Å². The van der Waals surface area contributed by atoms with Crippen LogP contribution < -0.4 is 11.5 Å². The van der Waals surface area contributed by atoms with Gasteiger partial charge in [0.2, 0.25) is 0 Å². The lowest BCUT2D eigenvalue weighted by Crippen LogP contribution is -2.36. The highest BCUT2D eigenvalue weighted by Gasteiger charge is 2.49. The first-order valence-electron chi connectivity index (χ1n) is 12.1. The molecule has 0 aliphatic carbocycles. The van der Waals surface area contributed by atoms with Crippen molar-refractivity contribution in [3.63, 3.8) is 0 Å². The number of nitrogens with two attached hydrogens (primary N) is 2. The summed E-state index contributed by atoms with van der Waals surface area (Å²) in [6.07, 6.45) is -5.10. The average molecular weight is 613 g/mol. The van der Waals surface area contributed by atoms with Gasteiger partial charge in [-0.25, -0.2) is 29.9 Å². The predicted molar refractivity (Wildman–Crippen MR) is 140 cm³/mol. The zero-order valence-electron chi connectivity index (χ0n) is 20.8. The fraction of sp³-hybridized carbons (Fsp3) is 0.500. The fourth-order valence-electron chi connectivity index (χ4n) is 4.79. The molecule has 0 saturated carbocycles. The third-order valence-electron chi connectivity index (χ3n) is 6.81. The quantitative estimate of drug-likeness (QED) is 0.0998. The highest BCUT2D eigenvalue weighted by Crippen LogP contribution is 2.49. The van der Waals surface area contributed by atoms with Crippen LogP contribution in [0.1, 0.15) is 12.5 Å². The Morgan fingerprint density at radius 2 is 1.37 bits per heavy atom. The summed E-state index contributed by atoms with van der Waals surface area (Å²) >= 11 is 5.13. The Hall–Kier alpha value is -3.01. The van der Waals surface area contributed by atoms with E-state index in [1.807, 2.05) is 0 Å². The zero-order chi connectivity index (χ0) is 29.1. The Kier molecular flexibility index (Phi) is 7.32. The number of aliphatic hydroxyl groups is 4. The van der Waals surface area contributed by atoms with Crippen LogP contribution in [0.25, 0.3) is 22.3 Å². The largest absolute Gasteiger partial charge is 0.394 e. The molecule has 2 aliphatic rings. The Labute approximate surface area is 234 Å². The molecule has 9 N–H and O–H groups in total. The van der Waals surface area contributed by atoms with Gasteiger partial charge in [0.15, 0.2) is 35.4 Å². The van der Waals surface area contributed by atoms with E-state index in [1.165, 1.54) is 34.4 Å². The van der Waals surface area contributed by atoms with E-state index in [0.29, 0.717) is 0 Å². The summed E-state index contributed by atoms with van der Waals surface area (Å²) in [7, 11) is 0. The van der Waals surface area contributed by atoms with Gasteiger partial charge >= 0.3 is 6.72 Å². The summed E-state index contributed by atoms with van der Waals surface area (Å²) in [4.78, 5) is 35.0. The molecule has 4 aromatic rings. The number of aromatic nitrogens is 8. The minimum atomic E-state index is -4.13. The molecule has 6 rings (SSSR count). The van der Waals surface area contributed by atoms with Crippen LogP contribution in [0.5, 0.6) is 0 Å². The van der Waals surface area contributed by atoms with Gasteiger partial charge < -0.3 is 50.8 Å². The molecule has 2 fully saturated rings. The highest BCUT2D eigenvalue weighted by atomic mass is 32.5. The molecule has 0 bridgehead atoms. The number of nitrogen functional groups attached to an aromatic ring is 2. The number of rotatable bonds is 8. The van der Waals surface area contributed by atoms with Crippen LogP contribution >= 0.6 is 6.72 Å². The van der Waals surface area contributed by atoms with Crippen molar-refractivity contribution in [2.75, 3.05) is 24.7 Å². The Balaban J connectivity index is 1.14. The van der Waals surface area contributed by atoms with Crippen LogP contribution in [0, 0.1) is 0 Å². The summed E-state index contributed by atoms with van der Waals surface area (Å²) in [6, 6.07) is 0. The monoisotopic (exact) mass is 612 g/mol. The van der Waals surface area contributed by atoms with Crippen molar-refractivity contribution in [3.8, 4) is 0 Å². The Morgan fingerprint density at radius 3 is 1.93 bits per heavy atom. The molecule has 220 valence electrons. The van der Waals surface area contributed by atoms with Gasteiger partial charge in [-0.15, -0.1) is 0 Å². The van der Waals surface area contributed by atoms with Crippen molar-refractivity contribution in [3.05, 3.63) is 25.3 Å². The lowest BCUT2D eigenvalue weighted by molar-refractivity contribution is -0.0549. The molecule has 0 aromatic carbocycles. The molecule has 4 aromatic heterocycles. The second kappa shape index (κ2) is 10.7. The molecule has 41 heavy (non-hydrogen) atoms. The number of nitrogens with zero attached hydrogens (tertiary/aromatic N) is 8. The minimum Gasteiger partial charge on any atom is -0.394 e. The molecule has 5 unspecified atom stereocenters. The molecule has 6 heterocycles. The van der Waals surface area contributed by atoms with Gasteiger partial charge in [-0.1, -0.05) is 0 Å². The Morgan fingerprint density at radius 1 is 0.829 bits per heavy atom. The lowest BCUT2D eigenvalue weighted by atomic mass is 10.1. The molecule has 19 nitrogen and oxygen atoms in total. The average Bonchev–Trinajstić information content (AvgIpc) is 3.70. The number of fused-ring (bicyclic) bond motifs is 2. The van der Waals surface area contributed by atoms with Gasteiger partial charge in [0, 0.05) is 0 Å². The number of aliphatic hydroxyl groups excluding tert-OH is 4. The van der Waals surface area contributed by atoms with Crippen molar-refractivity contribution in [1.82, 2.24) is 39.0 Å². The number of hydrogen-bond acceptors (Lipinski definition) is 17. The van der Waals surface area contributed by atoms with E-state index in [9.17, 15) is 25.3 Å². The topological polar surface area (TPSA) is 277 Å². The smallest absolute Gasteiger partial charge is 0.325 e. The van der Waals surface area contributed by atoms with Crippen LogP contribution in [-0.4, -0.2) is 114 Å². The van der Waals surface area contributed by atoms with Crippen molar-refractivity contribution in [2.45, 2.75) is 49.1 Å².